The predicted octanol–water partition coefficient (Wildman–Crippen LogP) is 1.32. The molecule has 24 heavy (non-hydrogen) atoms. The Kier molecular flexibility index (Phi) is 4.52. The van der Waals surface area contributed by atoms with Crippen molar-refractivity contribution in [2.75, 3.05) is 18.4 Å². The number of hydrogen-bond donors (Lipinski definition) is 2. The summed E-state index contributed by atoms with van der Waals surface area (Å²) in [5, 5.41) is 2.69. The number of rotatable bonds is 4. The number of carbonyl (C=O) groups excluding carboxylic acids is 2. The highest BCUT2D eigenvalue weighted by Gasteiger charge is 2.18. The Hall–Kier alpha value is -2.80. The number of amides is 2. The Bertz CT molecular complexity index is 794. The highest BCUT2D eigenvalue weighted by molar-refractivity contribution is 6.04. The minimum Gasteiger partial charge on any atom is -0.369 e. The first kappa shape index (κ1) is 16.1. The largest absolute Gasteiger partial charge is 0.369 e. The molecule has 0 radical (unpaired) electrons. The van der Waals surface area contributed by atoms with Crippen LogP contribution in [0.2, 0.25) is 0 Å². The van der Waals surface area contributed by atoms with E-state index in [1.165, 1.54) is 17.8 Å². The quantitative estimate of drug-likeness (QED) is 0.886. The fourth-order valence-corrected chi connectivity index (χ4v) is 2.81. The Balaban J connectivity index is 1.75. The van der Waals surface area contributed by atoms with Crippen molar-refractivity contribution in [1.29, 1.82) is 0 Å². The van der Waals surface area contributed by atoms with Gasteiger partial charge in [-0.15, -0.1) is 0 Å². The van der Waals surface area contributed by atoms with Crippen LogP contribution in [0.1, 0.15) is 21.5 Å². The molecule has 0 fully saturated rings. The highest BCUT2D eigenvalue weighted by atomic mass is 19.1. The summed E-state index contributed by atoms with van der Waals surface area (Å²) in [7, 11) is 0. The monoisotopic (exact) mass is 328 g/mol. The minimum atomic E-state index is -0.666. The number of carbonyl (C=O) groups is 2. The number of halogens is 1. The van der Waals surface area contributed by atoms with Gasteiger partial charge in [-0.3, -0.25) is 19.5 Å². The van der Waals surface area contributed by atoms with Crippen LogP contribution in [0.15, 0.2) is 36.7 Å². The molecule has 3 N–H and O–H groups in total. The summed E-state index contributed by atoms with van der Waals surface area (Å²) in [5.41, 5.74) is 7.96. The third-order valence-corrected chi connectivity index (χ3v) is 3.95. The molecule has 1 aromatic heterocycles. The highest BCUT2D eigenvalue weighted by Crippen LogP contribution is 2.23. The molecule has 0 aliphatic carbocycles. The zero-order chi connectivity index (χ0) is 17.1. The van der Waals surface area contributed by atoms with E-state index in [1.54, 1.807) is 6.07 Å². The molecule has 0 saturated heterocycles. The van der Waals surface area contributed by atoms with Gasteiger partial charge in [0.2, 0.25) is 5.91 Å². The van der Waals surface area contributed by atoms with Gasteiger partial charge >= 0.3 is 0 Å². The number of pyridine rings is 1. The van der Waals surface area contributed by atoms with E-state index in [9.17, 15) is 14.0 Å². The van der Waals surface area contributed by atoms with Crippen molar-refractivity contribution >= 4 is 17.5 Å². The molecule has 3 rings (SSSR count). The van der Waals surface area contributed by atoms with Crippen molar-refractivity contribution < 1.29 is 14.0 Å². The van der Waals surface area contributed by atoms with Crippen LogP contribution in [0.5, 0.6) is 0 Å². The molecular weight excluding hydrogens is 311 g/mol. The van der Waals surface area contributed by atoms with Gasteiger partial charge in [0, 0.05) is 25.0 Å². The van der Waals surface area contributed by atoms with Crippen LogP contribution in [0.25, 0.3) is 0 Å². The van der Waals surface area contributed by atoms with Crippen molar-refractivity contribution in [2.24, 2.45) is 5.73 Å². The molecule has 2 heterocycles. The first-order valence-corrected chi connectivity index (χ1v) is 7.56. The standard InChI is InChI=1S/C17H17FN4O2/c18-15-8-20-5-3-14(15)17(24)21-13-2-1-11-4-6-22(10-16(19)23)9-12(11)7-13/h1-3,5,7-8H,4,6,9-10H2,(H2,19,23)(H,21,24). The summed E-state index contributed by atoms with van der Waals surface area (Å²) < 4.78 is 13.6. The number of anilines is 1. The lowest BCUT2D eigenvalue weighted by Crippen LogP contribution is -2.37. The predicted molar refractivity (Wildman–Crippen MR) is 86.8 cm³/mol. The topological polar surface area (TPSA) is 88.3 Å². The summed E-state index contributed by atoms with van der Waals surface area (Å²) in [4.78, 5) is 28.8. The lowest BCUT2D eigenvalue weighted by molar-refractivity contribution is -0.119. The molecule has 6 nitrogen and oxygen atoms in total. The molecule has 1 aromatic carbocycles. The Morgan fingerprint density at radius 1 is 1.29 bits per heavy atom. The molecule has 0 unspecified atom stereocenters. The first-order valence-electron chi connectivity index (χ1n) is 7.56. The maximum absolute atomic E-state index is 13.6. The molecule has 7 heteroatoms. The number of primary amides is 1. The van der Waals surface area contributed by atoms with E-state index in [0.29, 0.717) is 12.2 Å². The van der Waals surface area contributed by atoms with Gasteiger partial charge in [0.15, 0.2) is 5.82 Å². The van der Waals surface area contributed by atoms with E-state index in [4.69, 9.17) is 5.73 Å². The molecule has 2 aromatic rings. The molecule has 124 valence electrons. The SMILES string of the molecule is NC(=O)CN1CCc2ccc(NC(=O)c3ccncc3F)cc2C1. The fourth-order valence-electron chi connectivity index (χ4n) is 2.81. The Labute approximate surface area is 138 Å². The average Bonchev–Trinajstić information content (AvgIpc) is 2.54. The van der Waals surface area contributed by atoms with Crippen molar-refractivity contribution in [3.05, 3.63) is 59.2 Å². The van der Waals surface area contributed by atoms with E-state index < -0.39 is 11.7 Å². The number of hydrogen-bond acceptors (Lipinski definition) is 4. The molecule has 0 spiro atoms. The van der Waals surface area contributed by atoms with E-state index in [0.717, 1.165) is 24.7 Å². The van der Waals surface area contributed by atoms with Gasteiger partial charge < -0.3 is 11.1 Å². The maximum Gasteiger partial charge on any atom is 0.258 e. The number of nitrogens with zero attached hydrogens (tertiary/aromatic N) is 2. The van der Waals surface area contributed by atoms with E-state index in [-0.39, 0.29) is 18.0 Å². The van der Waals surface area contributed by atoms with Crippen molar-refractivity contribution in [2.45, 2.75) is 13.0 Å². The third kappa shape index (κ3) is 3.57. The second-order valence-electron chi connectivity index (χ2n) is 5.72. The van der Waals surface area contributed by atoms with Gasteiger partial charge in [-0.1, -0.05) is 6.07 Å². The Morgan fingerprint density at radius 3 is 2.88 bits per heavy atom. The number of nitrogens with two attached hydrogens (primary N) is 1. The van der Waals surface area contributed by atoms with E-state index in [1.807, 2.05) is 17.0 Å². The normalized spacial score (nSPS) is 14.0. The van der Waals surface area contributed by atoms with Crippen LogP contribution in [-0.2, 0) is 17.8 Å². The number of fused-ring (bicyclic) bond motifs is 1. The van der Waals surface area contributed by atoms with Gasteiger partial charge in [-0.2, -0.15) is 0 Å². The van der Waals surface area contributed by atoms with E-state index >= 15 is 0 Å². The number of benzene rings is 1. The van der Waals surface area contributed by atoms with Crippen molar-refractivity contribution in [3.63, 3.8) is 0 Å². The van der Waals surface area contributed by atoms with E-state index in [2.05, 4.69) is 10.3 Å². The van der Waals surface area contributed by atoms with Crippen LogP contribution < -0.4 is 11.1 Å². The van der Waals surface area contributed by atoms with Gasteiger partial charge in [0.25, 0.3) is 5.91 Å². The summed E-state index contributed by atoms with van der Waals surface area (Å²) >= 11 is 0. The zero-order valence-corrected chi connectivity index (χ0v) is 13.0. The van der Waals surface area contributed by atoms with Crippen LogP contribution in [0, 0.1) is 5.82 Å². The van der Waals surface area contributed by atoms with Gasteiger partial charge in [-0.05, 0) is 35.7 Å². The summed E-state index contributed by atoms with van der Waals surface area (Å²) in [5.74, 6) is -1.56. The zero-order valence-electron chi connectivity index (χ0n) is 13.0. The van der Waals surface area contributed by atoms with Crippen molar-refractivity contribution in [3.8, 4) is 0 Å². The average molecular weight is 328 g/mol. The second kappa shape index (κ2) is 6.76. The molecule has 0 bridgehead atoms. The maximum atomic E-state index is 13.6. The van der Waals surface area contributed by atoms with Crippen LogP contribution in [0.4, 0.5) is 10.1 Å². The summed E-state index contributed by atoms with van der Waals surface area (Å²) in [6.07, 6.45) is 3.19. The summed E-state index contributed by atoms with van der Waals surface area (Å²) in [6.45, 7) is 1.56. The van der Waals surface area contributed by atoms with Gasteiger partial charge in [0.1, 0.15) is 0 Å². The Morgan fingerprint density at radius 2 is 2.12 bits per heavy atom. The molecule has 1 aliphatic rings. The molecule has 0 saturated carbocycles. The summed E-state index contributed by atoms with van der Waals surface area (Å²) in [6, 6.07) is 6.91. The molecule has 0 atom stereocenters. The second-order valence-corrected chi connectivity index (χ2v) is 5.72. The first-order chi connectivity index (χ1) is 11.5. The number of nitrogens with one attached hydrogen (secondary N) is 1. The smallest absolute Gasteiger partial charge is 0.258 e. The lowest BCUT2D eigenvalue weighted by Gasteiger charge is -2.28. The fraction of sp³-hybridized carbons (Fsp3) is 0.235. The third-order valence-electron chi connectivity index (χ3n) is 3.95. The van der Waals surface area contributed by atoms with Crippen LogP contribution in [0.3, 0.4) is 0 Å². The van der Waals surface area contributed by atoms with Crippen LogP contribution in [-0.4, -0.2) is 34.8 Å². The van der Waals surface area contributed by atoms with Gasteiger partial charge in [-0.25, -0.2) is 4.39 Å². The van der Waals surface area contributed by atoms with Crippen LogP contribution >= 0.6 is 0 Å². The number of aromatic nitrogens is 1. The molecule has 1 aliphatic heterocycles. The minimum absolute atomic E-state index is 0.0573. The van der Waals surface area contributed by atoms with Gasteiger partial charge in [0.05, 0.1) is 18.3 Å². The molecular formula is C17H17FN4O2. The molecule has 2 amide bonds. The van der Waals surface area contributed by atoms with Crippen molar-refractivity contribution in [1.82, 2.24) is 9.88 Å². The lowest BCUT2D eigenvalue weighted by atomic mass is 9.99.